The van der Waals surface area contributed by atoms with Crippen molar-refractivity contribution in [3.8, 4) is 23.1 Å². The molecule has 0 radical (unpaired) electrons. The van der Waals surface area contributed by atoms with Crippen molar-refractivity contribution in [1.82, 2.24) is 20.1 Å². The summed E-state index contributed by atoms with van der Waals surface area (Å²) in [5.41, 5.74) is 2.87. The Hall–Kier alpha value is -2.76. The molecule has 100 valence electrons. The smallest absolute Gasteiger partial charge is 0.258 e. The molecule has 2 aromatic heterocycles. The van der Waals surface area contributed by atoms with Crippen LogP contribution < -0.4 is 5.32 Å². The molecule has 6 nitrogen and oxygen atoms in total. The minimum absolute atomic E-state index is 0.387. The molecule has 3 rings (SSSR count). The van der Waals surface area contributed by atoms with Crippen LogP contribution in [0.25, 0.3) is 23.1 Å². The van der Waals surface area contributed by atoms with Gasteiger partial charge in [0.2, 0.25) is 11.6 Å². The number of hydrogen-bond donors (Lipinski definition) is 1. The highest BCUT2D eigenvalue weighted by Gasteiger charge is 2.12. The lowest BCUT2D eigenvalue weighted by Crippen LogP contribution is -1.91. The van der Waals surface area contributed by atoms with Crippen molar-refractivity contribution in [1.29, 1.82) is 0 Å². The van der Waals surface area contributed by atoms with Gasteiger partial charge >= 0.3 is 0 Å². The summed E-state index contributed by atoms with van der Waals surface area (Å²) in [6.45, 7) is 1.93. The van der Waals surface area contributed by atoms with Crippen LogP contribution in [0.1, 0.15) is 5.56 Å². The maximum Gasteiger partial charge on any atom is 0.258 e. The molecule has 0 amide bonds. The van der Waals surface area contributed by atoms with Crippen LogP contribution >= 0.6 is 0 Å². The van der Waals surface area contributed by atoms with Gasteiger partial charge in [0.15, 0.2) is 0 Å². The van der Waals surface area contributed by atoms with Gasteiger partial charge in [-0.1, -0.05) is 5.16 Å². The highest BCUT2D eigenvalue weighted by Crippen LogP contribution is 2.21. The molecule has 2 heterocycles. The second-order valence-electron chi connectivity index (χ2n) is 4.33. The van der Waals surface area contributed by atoms with E-state index in [1.807, 2.05) is 38.2 Å². The first kappa shape index (κ1) is 12.3. The fourth-order valence-electron chi connectivity index (χ4n) is 1.72. The molecule has 0 unspecified atom stereocenters. The average molecular weight is 267 g/mol. The van der Waals surface area contributed by atoms with E-state index in [1.165, 1.54) is 0 Å². The van der Waals surface area contributed by atoms with Crippen molar-refractivity contribution in [3.63, 3.8) is 0 Å². The highest BCUT2D eigenvalue weighted by atomic mass is 16.5. The van der Waals surface area contributed by atoms with Crippen LogP contribution in [-0.4, -0.2) is 27.2 Å². The Bertz CT molecular complexity index is 703. The van der Waals surface area contributed by atoms with E-state index in [0.717, 1.165) is 16.8 Å². The molecule has 0 fully saturated rings. The predicted octanol–water partition coefficient (Wildman–Crippen LogP) is 2.54. The Kier molecular flexibility index (Phi) is 3.12. The van der Waals surface area contributed by atoms with Gasteiger partial charge in [0, 0.05) is 30.7 Å². The molecule has 0 spiro atoms. The summed E-state index contributed by atoms with van der Waals surface area (Å²) in [4.78, 5) is 12.7. The third-order valence-corrected chi connectivity index (χ3v) is 2.83. The summed E-state index contributed by atoms with van der Waals surface area (Å²) < 4.78 is 5.25. The molecule has 0 aliphatic rings. The monoisotopic (exact) mass is 267 g/mol. The number of nitrogens with one attached hydrogen (secondary N) is 1. The van der Waals surface area contributed by atoms with Crippen molar-refractivity contribution in [3.05, 3.63) is 42.2 Å². The average Bonchev–Trinajstić information content (AvgIpc) is 2.98. The van der Waals surface area contributed by atoms with E-state index in [9.17, 15) is 0 Å². The number of rotatable bonds is 3. The minimum atomic E-state index is 0.387. The van der Waals surface area contributed by atoms with Gasteiger partial charge in [0.1, 0.15) is 0 Å². The van der Waals surface area contributed by atoms with Crippen molar-refractivity contribution in [2.75, 3.05) is 12.4 Å². The molecule has 0 aliphatic heterocycles. The SMILES string of the molecule is CNc1ccc(-c2nc(-c3ncc(C)cn3)no2)cc1. The Labute approximate surface area is 115 Å². The molecule has 0 atom stereocenters. The third kappa shape index (κ3) is 2.35. The Morgan fingerprint density at radius 2 is 1.70 bits per heavy atom. The first-order valence-corrected chi connectivity index (χ1v) is 6.17. The van der Waals surface area contributed by atoms with Crippen LogP contribution in [-0.2, 0) is 0 Å². The molecular formula is C14H13N5O. The lowest BCUT2D eigenvalue weighted by Gasteiger charge is -1.99. The van der Waals surface area contributed by atoms with E-state index in [1.54, 1.807) is 12.4 Å². The fraction of sp³-hybridized carbons (Fsp3) is 0.143. The van der Waals surface area contributed by atoms with Crippen LogP contribution in [0.15, 0.2) is 41.2 Å². The van der Waals surface area contributed by atoms with Crippen LogP contribution in [0.2, 0.25) is 0 Å². The normalized spacial score (nSPS) is 10.5. The van der Waals surface area contributed by atoms with Crippen molar-refractivity contribution >= 4 is 5.69 Å². The quantitative estimate of drug-likeness (QED) is 0.785. The summed E-state index contributed by atoms with van der Waals surface area (Å²) in [7, 11) is 1.87. The molecule has 6 heteroatoms. The molecule has 0 aliphatic carbocycles. The number of aromatic nitrogens is 4. The van der Waals surface area contributed by atoms with Gasteiger partial charge in [0.25, 0.3) is 5.89 Å². The molecule has 20 heavy (non-hydrogen) atoms. The molecule has 0 saturated carbocycles. The second-order valence-corrected chi connectivity index (χ2v) is 4.33. The molecular weight excluding hydrogens is 254 g/mol. The summed E-state index contributed by atoms with van der Waals surface area (Å²) in [6, 6.07) is 7.72. The van der Waals surface area contributed by atoms with Gasteiger partial charge in [-0.2, -0.15) is 4.98 Å². The first-order chi connectivity index (χ1) is 9.76. The fourth-order valence-corrected chi connectivity index (χ4v) is 1.72. The second kappa shape index (κ2) is 5.08. The maximum atomic E-state index is 5.25. The van der Waals surface area contributed by atoms with Crippen LogP contribution in [0.3, 0.4) is 0 Å². The van der Waals surface area contributed by atoms with E-state index < -0.39 is 0 Å². The predicted molar refractivity (Wildman–Crippen MR) is 75.0 cm³/mol. The first-order valence-electron chi connectivity index (χ1n) is 6.17. The number of hydrogen-bond acceptors (Lipinski definition) is 6. The maximum absolute atomic E-state index is 5.25. The van der Waals surface area contributed by atoms with E-state index >= 15 is 0 Å². The largest absolute Gasteiger partial charge is 0.388 e. The van der Waals surface area contributed by atoms with Gasteiger partial charge in [-0.05, 0) is 36.8 Å². The molecule has 0 saturated heterocycles. The van der Waals surface area contributed by atoms with Gasteiger partial charge in [-0.3, -0.25) is 0 Å². The number of benzene rings is 1. The third-order valence-electron chi connectivity index (χ3n) is 2.83. The zero-order valence-electron chi connectivity index (χ0n) is 11.2. The van der Waals surface area contributed by atoms with Gasteiger partial charge < -0.3 is 9.84 Å². The van der Waals surface area contributed by atoms with Gasteiger partial charge in [-0.15, -0.1) is 0 Å². The molecule has 0 bridgehead atoms. The molecule has 3 aromatic rings. The van der Waals surface area contributed by atoms with E-state index in [0.29, 0.717) is 17.5 Å². The minimum Gasteiger partial charge on any atom is -0.388 e. The number of nitrogens with zero attached hydrogens (tertiary/aromatic N) is 4. The van der Waals surface area contributed by atoms with Crippen molar-refractivity contribution < 1.29 is 4.52 Å². The Morgan fingerprint density at radius 1 is 1.00 bits per heavy atom. The molecule has 1 N–H and O–H groups in total. The van der Waals surface area contributed by atoms with Crippen LogP contribution in [0.5, 0.6) is 0 Å². The summed E-state index contributed by atoms with van der Waals surface area (Å²) >= 11 is 0. The van der Waals surface area contributed by atoms with E-state index in [-0.39, 0.29) is 0 Å². The zero-order valence-corrected chi connectivity index (χ0v) is 11.2. The van der Waals surface area contributed by atoms with Crippen LogP contribution in [0.4, 0.5) is 5.69 Å². The Morgan fingerprint density at radius 3 is 2.35 bits per heavy atom. The number of anilines is 1. The molecule has 1 aromatic carbocycles. The lowest BCUT2D eigenvalue weighted by molar-refractivity contribution is 0.432. The standard InChI is InChI=1S/C14H13N5O/c1-9-7-16-12(17-8-9)13-18-14(20-19-13)10-3-5-11(15-2)6-4-10/h3-8,15H,1-2H3. The van der Waals surface area contributed by atoms with E-state index in [2.05, 4.69) is 25.4 Å². The highest BCUT2D eigenvalue weighted by molar-refractivity contribution is 5.59. The van der Waals surface area contributed by atoms with Crippen LogP contribution in [0, 0.1) is 6.92 Å². The van der Waals surface area contributed by atoms with Crippen molar-refractivity contribution in [2.45, 2.75) is 6.92 Å². The Balaban J connectivity index is 1.91. The zero-order chi connectivity index (χ0) is 13.9. The lowest BCUT2D eigenvalue weighted by atomic mass is 10.2. The van der Waals surface area contributed by atoms with Gasteiger partial charge in [-0.25, -0.2) is 9.97 Å². The number of aryl methyl sites for hydroxylation is 1. The summed E-state index contributed by atoms with van der Waals surface area (Å²) in [5.74, 6) is 1.29. The van der Waals surface area contributed by atoms with E-state index in [4.69, 9.17) is 4.52 Å². The summed E-state index contributed by atoms with van der Waals surface area (Å²) in [5, 5.41) is 6.96. The van der Waals surface area contributed by atoms with Gasteiger partial charge in [0.05, 0.1) is 0 Å². The van der Waals surface area contributed by atoms with Crippen molar-refractivity contribution in [2.24, 2.45) is 0 Å². The summed E-state index contributed by atoms with van der Waals surface area (Å²) in [6.07, 6.45) is 3.44. The topological polar surface area (TPSA) is 76.7 Å².